The first-order valence-corrected chi connectivity index (χ1v) is 8.77. The van der Waals surface area contributed by atoms with Crippen LogP contribution < -0.4 is 10.6 Å². The molecule has 0 saturated heterocycles. The highest BCUT2D eigenvalue weighted by molar-refractivity contribution is 7.11. The van der Waals surface area contributed by atoms with E-state index >= 15 is 0 Å². The monoisotopic (exact) mass is 346 g/mol. The maximum Gasteiger partial charge on any atom is 0.269 e. The molecule has 0 spiro atoms. The maximum atomic E-state index is 10.7. The van der Waals surface area contributed by atoms with E-state index in [9.17, 15) is 10.1 Å². The summed E-state index contributed by atoms with van der Waals surface area (Å²) in [5.41, 5.74) is 1.03. The Labute approximate surface area is 145 Å². The normalized spacial score (nSPS) is 11.3. The van der Waals surface area contributed by atoms with Crippen LogP contribution in [0.15, 0.2) is 41.4 Å². The fourth-order valence-corrected chi connectivity index (χ4v) is 3.01. The largest absolute Gasteiger partial charge is 0.357 e. The van der Waals surface area contributed by atoms with Gasteiger partial charge in [-0.25, -0.2) is 4.99 Å². The van der Waals surface area contributed by atoms with Crippen LogP contribution in [0.1, 0.15) is 29.2 Å². The molecule has 0 saturated carbocycles. The third-order valence-corrected chi connectivity index (χ3v) is 4.64. The molecule has 0 radical (unpaired) electrons. The Hall–Kier alpha value is -2.41. The lowest BCUT2D eigenvalue weighted by atomic mass is 10.2. The molecule has 0 unspecified atom stereocenters. The highest BCUT2D eigenvalue weighted by Crippen LogP contribution is 2.16. The molecule has 0 aliphatic heterocycles. The van der Waals surface area contributed by atoms with Crippen LogP contribution in [0.5, 0.6) is 0 Å². The number of benzene rings is 1. The van der Waals surface area contributed by atoms with Crippen molar-refractivity contribution in [2.45, 2.75) is 33.4 Å². The number of aryl methyl sites for hydroxylation is 1. The van der Waals surface area contributed by atoms with Gasteiger partial charge in [-0.3, -0.25) is 10.1 Å². The summed E-state index contributed by atoms with van der Waals surface area (Å²) in [6, 6.07) is 10.8. The molecule has 24 heavy (non-hydrogen) atoms. The number of thiophene rings is 1. The van der Waals surface area contributed by atoms with Crippen molar-refractivity contribution in [2.24, 2.45) is 4.99 Å². The minimum absolute atomic E-state index is 0.0946. The topological polar surface area (TPSA) is 79.6 Å². The van der Waals surface area contributed by atoms with E-state index in [0.29, 0.717) is 6.54 Å². The van der Waals surface area contributed by atoms with Crippen LogP contribution in [0.25, 0.3) is 0 Å². The van der Waals surface area contributed by atoms with Gasteiger partial charge in [0.1, 0.15) is 0 Å². The van der Waals surface area contributed by atoms with E-state index in [1.165, 1.54) is 21.9 Å². The van der Waals surface area contributed by atoms with Crippen LogP contribution in [-0.4, -0.2) is 17.4 Å². The average Bonchev–Trinajstić information content (AvgIpc) is 3.06. The van der Waals surface area contributed by atoms with Crippen molar-refractivity contribution in [3.05, 3.63) is 61.8 Å². The number of guanidine groups is 1. The molecule has 6 nitrogen and oxygen atoms in total. The summed E-state index contributed by atoms with van der Waals surface area (Å²) in [4.78, 5) is 17.4. The SMILES string of the molecule is CCNC(=NCc1ccc([N+](=O)[O-])cc1)NCc1ccc(CC)s1. The second-order valence-electron chi connectivity index (χ2n) is 5.19. The van der Waals surface area contributed by atoms with Crippen molar-refractivity contribution in [3.63, 3.8) is 0 Å². The number of hydrogen-bond acceptors (Lipinski definition) is 4. The van der Waals surface area contributed by atoms with Gasteiger partial charge in [0.05, 0.1) is 18.0 Å². The molecule has 1 heterocycles. The first kappa shape index (κ1) is 17.9. The van der Waals surface area contributed by atoms with Crippen molar-refractivity contribution < 1.29 is 4.92 Å². The molecule has 0 aliphatic carbocycles. The summed E-state index contributed by atoms with van der Waals surface area (Å²) in [5, 5.41) is 17.2. The van der Waals surface area contributed by atoms with Gasteiger partial charge in [0, 0.05) is 28.4 Å². The Morgan fingerprint density at radius 1 is 1.12 bits per heavy atom. The fraction of sp³-hybridized carbons (Fsp3) is 0.353. The lowest BCUT2D eigenvalue weighted by molar-refractivity contribution is -0.384. The summed E-state index contributed by atoms with van der Waals surface area (Å²) in [6.07, 6.45) is 1.05. The van der Waals surface area contributed by atoms with Gasteiger partial charge < -0.3 is 10.6 Å². The first-order valence-electron chi connectivity index (χ1n) is 7.95. The Bertz CT molecular complexity index is 695. The number of nitrogens with zero attached hydrogens (tertiary/aromatic N) is 2. The number of non-ortho nitro benzene ring substituents is 1. The zero-order valence-corrected chi connectivity index (χ0v) is 14.7. The predicted molar refractivity (Wildman–Crippen MR) is 98.4 cm³/mol. The van der Waals surface area contributed by atoms with Crippen LogP contribution >= 0.6 is 11.3 Å². The molecule has 2 aromatic rings. The maximum absolute atomic E-state index is 10.7. The summed E-state index contributed by atoms with van der Waals surface area (Å²) in [6.45, 7) is 6.15. The zero-order valence-electron chi connectivity index (χ0n) is 13.9. The van der Waals surface area contributed by atoms with E-state index in [1.807, 2.05) is 6.92 Å². The van der Waals surface area contributed by atoms with Gasteiger partial charge >= 0.3 is 0 Å². The van der Waals surface area contributed by atoms with E-state index < -0.39 is 4.92 Å². The Morgan fingerprint density at radius 3 is 2.42 bits per heavy atom. The second kappa shape index (κ2) is 9.02. The predicted octanol–water partition coefficient (Wildman–Crippen LogP) is 3.47. The van der Waals surface area contributed by atoms with Gasteiger partial charge in [0.25, 0.3) is 5.69 Å². The van der Waals surface area contributed by atoms with Crippen molar-refractivity contribution >= 4 is 23.0 Å². The van der Waals surface area contributed by atoms with Gasteiger partial charge in [-0.15, -0.1) is 11.3 Å². The van der Waals surface area contributed by atoms with Crippen molar-refractivity contribution in [1.29, 1.82) is 0 Å². The summed E-state index contributed by atoms with van der Waals surface area (Å²) >= 11 is 1.80. The van der Waals surface area contributed by atoms with Crippen molar-refractivity contribution in [3.8, 4) is 0 Å². The molecule has 0 bridgehead atoms. The van der Waals surface area contributed by atoms with Gasteiger partial charge in [0.15, 0.2) is 5.96 Å². The van der Waals surface area contributed by atoms with Crippen LogP contribution in [-0.2, 0) is 19.5 Å². The van der Waals surface area contributed by atoms with Gasteiger partial charge in [0.2, 0.25) is 0 Å². The van der Waals surface area contributed by atoms with Crippen LogP contribution in [0.2, 0.25) is 0 Å². The highest BCUT2D eigenvalue weighted by Gasteiger charge is 2.04. The Morgan fingerprint density at radius 2 is 1.83 bits per heavy atom. The summed E-state index contributed by atoms with van der Waals surface area (Å²) < 4.78 is 0. The van der Waals surface area contributed by atoms with E-state index in [2.05, 4.69) is 34.7 Å². The minimum atomic E-state index is -0.399. The minimum Gasteiger partial charge on any atom is -0.357 e. The number of aliphatic imine (C=N–C) groups is 1. The number of rotatable bonds is 7. The quantitative estimate of drug-likeness (QED) is 0.348. The molecule has 7 heteroatoms. The van der Waals surface area contributed by atoms with Crippen LogP contribution in [0, 0.1) is 10.1 Å². The molecule has 0 aliphatic rings. The van der Waals surface area contributed by atoms with Gasteiger partial charge in [-0.1, -0.05) is 19.1 Å². The Kier molecular flexibility index (Phi) is 6.74. The molecule has 128 valence electrons. The van der Waals surface area contributed by atoms with Crippen LogP contribution in [0.4, 0.5) is 5.69 Å². The zero-order chi connectivity index (χ0) is 17.4. The number of nitro groups is 1. The summed E-state index contributed by atoms with van der Waals surface area (Å²) in [7, 11) is 0. The molecule has 0 amide bonds. The van der Waals surface area contributed by atoms with E-state index in [4.69, 9.17) is 0 Å². The standard InChI is InChI=1S/C17H22N4O2S/c1-3-15-9-10-16(24-15)12-20-17(18-4-2)19-11-13-5-7-14(8-6-13)21(22)23/h5-10H,3-4,11-12H2,1-2H3,(H2,18,19,20). The van der Waals surface area contributed by atoms with Gasteiger partial charge in [-0.2, -0.15) is 0 Å². The molecule has 1 aromatic carbocycles. The van der Waals surface area contributed by atoms with E-state index in [0.717, 1.165) is 31.0 Å². The third kappa shape index (κ3) is 5.34. The highest BCUT2D eigenvalue weighted by atomic mass is 32.1. The van der Waals surface area contributed by atoms with Crippen molar-refractivity contribution in [1.82, 2.24) is 10.6 Å². The molecule has 2 N–H and O–H groups in total. The third-order valence-electron chi connectivity index (χ3n) is 3.41. The van der Waals surface area contributed by atoms with Crippen molar-refractivity contribution in [2.75, 3.05) is 6.54 Å². The molecule has 0 fully saturated rings. The number of nitrogens with one attached hydrogen (secondary N) is 2. The fourth-order valence-electron chi connectivity index (χ4n) is 2.11. The molecular formula is C17H22N4O2S. The Balaban J connectivity index is 1.95. The lowest BCUT2D eigenvalue weighted by Crippen LogP contribution is -2.36. The molecular weight excluding hydrogens is 324 g/mol. The second-order valence-corrected chi connectivity index (χ2v) is 6.45. The number of nitro benzene ring substituents is 1. The van der Waals surface area contributed by atoms with Gasteiger partial charge in [-0.05, 0) is 31.0 Å². The van der Waals surface area contributed by atoms with E-state index in [1.54, 1.807) is 23.5 Å². The summed E-state index contributed by atoms with van der Waals surface area (Å²) in [5.74, 6) is 0.738. The molecule has 2 rings (SSSR count). The molecule has 1 aromatic heterocycles. The number of hydrogen-bond donors (Lipinski definition) is 2. The molecule has 0 atom stereocenters. The first-order chi connectivity index (χ1) is 11.6. The lowest BCUT2D eigenvalue weighted by Gasteiger charge is -2.10. The smallest absolute Gasteiger partial charge is 0.269 e. The average molecular weight is 346 g/mol. The van der Waals surface area contributed by atoms with E-state index in [-0.39, 0.29) is 5.69 Å². The van der Waals surface area contributed by atoms with Crippen LogP contribution in [0.3, 0.4) is 0 Å².